The molecule has 0 aliphatic heterocycles. The lowest BCUT2D eigenvalue weighted by atomic mass is 9.76. The van der Waals surface area contributed by atoms with E-state index in [1.54, 1.807) is 0 Å². The first-order chi connectivity index (χ1) is 6.53. The van der Waals surface area contributed by atoms with E-state index < -0.39 is 0 Å². The fourth-order valence-electron chi connectivity index (χ4n) is 2.18. The van der Waals surface area contributed by atoms with Gasteiger partial charge in [0.15, 0.2) is 0 Å². The van der Waals surface area contributed by atoms with Crippen molar-refractivity contribution in [1.82, 2.24) is 0 Å². The minimum Gasteiger partial charge on any atom is -0.120 e. The SMILES string of the molecule is C#CCCCC1=CC(Cl)CC(C)(C)C1. The molecular weight excluding hydrogens is 192 g/mol. The standard InChI is InChI=1S/C13H19Cl/c1-4-5-6-7-11-8-12(14)10-13(2,3)9-11/h1,8,12H,5-7,9-10H2,2-3H3. The largest absolute Gasteiger partial charge is 0.120 e. The minimum atomic E-state index is 0.222. The molecule has 0 spiro atoms. The highest BCUT2D eigenvalue weighted by Crippen LogP contribution is 2.38. The molecule has 1 atom stereocenters. The summed E-state index contributed by atoms with van der Waals surface area (Å²) in [7, 11) is 0. The lowest BCUT2D eigenvalue weighted by Crippen LogP contribution is -2.22. The van der Waals surface area contributed by atoms with Crippen molar-refractivity contribution >= 4 is 11.6 Å². The molecule has 0 aromatic carbocycles. The molecule has 1 unspecified atom stereocenters. The molecule has 0 N–H and O–H groups in total. The summed E-state index contributed by atoms with van der Waals surface area (Å²) < 4.78 is 0. The van der Waals surface area contributed by atoms with Crippen molar-refractivity contribution < 1.29 is 0 Å². The zero-order valence-electron chi connectivity index (χ0n) is 9.15. The van der Waals surface area contributed by atoms with E-state index in [0.29, 0.717) is 5.41 Å². The van der Waals surface area contributed by atoms with Crippen LogP contribution in [0.4, 0.5) is 0 Å². The van der Waals surface area contributed by atoms with Crippen LogP contribution in [-0.4, -0.2) is 5.38 Å². The Morgan fingerprint density at radius 2 is 2.36 bits per heavy atom. The molecule has 0 bridgehead atoms. The van der Waals surface area contributed by atoms with E-state index >= 15 is 0 Å². The zero-order valence-corrected chi connectivity index (χ0v) is 9.90. The third kappa shape index (κ3) is 3.76. The first-order valence-electron chi connectivity index (χ1n) is 5.30. The van der Waals surface area contributed by atoms with E-state index in [1.165, 1.54) is 12.0 Å². The third-order valence-electron chi connectivity index (χ3n) is 2.69. The molecule has 0 radical (unpaired) electrons. The summed E-state index contributed by atoms with van der Waals surface area (Å²) in [6.07, 6.45) is 12.8. The number of rotatable bonds is 3. The minimum absolute atomic E-state index is 0.222. The van der Waals surface area contributed by atoms with Gasteiger partial charge >= 0.3 is 0 Å². The third-order valence-corrected chi connectivity index (χ3v) is 2.97. The lowest BCUT2D eigenvalue weighted by Gasteiger charge is -2.32. The molecular formula is C13H19Cl. The summed E-state index contributed by atoms with van der Waals surface area (Å²) >= 11 is 6.19. The summed E-state index contributed by atoms with van der Waals surface area (Å²) in [5.74, 6) is 2.68. The molecule has 1 aliphatic rings. The monoisotopic (exact) mass is 210 g/mol. The van der Waals surface area contributed by atoms with Crippen LogP contribution in [0.15, 0.2) is 11.6 Å². The predicted octanol–water partition coefficient (Wildman–Crippen LogP) is 4.14. The van der Waals surface area contributed by atoms with E-state index in [2.05, 4.69) is 25.8 Å². The van der Waals surface area contributed by atoms with Crippen molar-refractivity contribution in [3.8, 4) is 12.3 Å². The maximum atomic E-state index is 6.19. The number of terminal acetylenes is 1. The van der Waals surface area contributed by atoms with Crippen molar-refractivity contribution in [1.29, 1.82) is 0 Å². The average Bonchev–Trinajstić information content (AvgIpc) is 2.00. The van der Waals surface area contributed by atoms with Crippen LogP contribution >= 0.6 is 11.6 Å². The van der Waals surface area contributed by atoms with Crippen LogP contribution in [0.1, 0.15) is 46.0 Å². The number of hydrogen-bond acceptors (Lipinski definition) is 0. The first-order valence-corrected chi connectivity index (χ1v) is 5.74. The first kappa shape index (κ1) is 11.7. The van der Waals surface area contributed by atoms with E-state index in [9.17, 15) is 0 Å². The van der Waals surface area contributed by atoms with Gasteiger partial charge in [0.25, 0.3) is 0 Å². The fraction of sp³-hybridized carbons (Fsp3) is 0.692. The number of halogens is 1. The van der Waals surface area contributed by atoms with Gasteiger partial charge in [-0.3, -0.25) is 0 Å². The molecule has 1 heteroatoms. The van der Waals surface area contributed by atoms with Gasteiger partial charge in [0, 0.05) is 6.42 Å². The van der Waals surface area contributed by atoms with Crippen molar-refractivity contribution in [2.75, 3.05) is 0 Å². The van der Waals surface area contributed by atoms with E-state index in [-0.39, 0.29) is 5.38 Å². The molecule has 14 heavy (non-hydrogen) atoms. The summed E-state index contributed by atoms with van der Waals surface area (Å²) in [5, 5.41) is 0.222. The summed E-state index contributed by atoms with van der Waals surface area (Å²) in [6, 6.07) is 0. The maximum absolute atomic E-state index is 6.19. The molecule has 0 fully saturated rings. The molecule has 1 rings (SSSR count). The van der Waals surface area contributed by atoms with Crippen LogP contribution in [0.25, 0.3) is 0 Å². The molecule has 0 saturated heterocycles. The molecule has 0 heterocycles. The van der Waals surface area contributed by atoms with E-state index in [0.717, 1.165) is 25.7 Å². The number of allylic oxidation sites excluding steroid dienone is 2. The maximum Gasteiger partial charge on any atom is 0.0523 e. The van der Waals surface area contributed by atoms with Gasteiger partial charge in [-0.25, -0.2) is 0 Å². The Morgan fingerprint density at radius 1 is 1.64 bits per heavy atom. The molecule has 1 aliphatic carbocycles. The number of hydrogen-bond donors (Lipinski definition) is 0. The second-order valence-electron chi connectivity index (χ2n) is 4.94. The summed E-state index contributed by atoms with van der Waals surface area (Å²) in [4.78, 5) is 0. The second-order valence-corrected chi connectivity index (χ2v) is 5.50. The van der Waals surface area contributed by atoms with Gasteiger partial charge in [-0.05, 0) is 31.1 Å². The predicted molar refractivity (Wildman–Crippen MR) is 63.4 cm³/mol. The molecule has 0 aromatic heterocycles. The van der Waals surface area contributed by atoms with Crippen LogP contribution in [-0.2, 0) is 0 Å². The van der Waals surface area contributed by atoms with Crippen LogP contribution < -0.4 is 0 Å². The smallest absolute Gasteiger partial charge is 0.0523 e. The van der Waals surface area contributed by atoms with Gasteiger partial charge in [-0.2, -0.15) is 0 Å². The van der Waals surface area contributed by atoms with Crippen molar-refractivity contribution in [3.05, 3.63) is 11.6 Å². The van der Waals surface area contributed by atoms with Gasteiger partial charge in [-0.15, -0.1) is 23.9 Å². The quantitative estimate of drug-likeness (QED) is 0.284. The number of alkyl halides is 1. The highest BCUT2D eigenvalue weighted by Gasteiger charge is 2.26. The molecule has 0 amide bonds. The van der Waals surface area contributed by atoms with Crippen LogP contribution in [0, 0.1) is 17.8 Å². The second kappa shape index (κ2) is 4.89. The van der Waals surface area contributed by atoms with E-state index in [4.69, 9.17) is 18.0 Å². The highest BCUT2D eigenvalue weighted by atomic mass is 35.5. The Labute approximate surface area is 92.7 Å². The van der Waals surface area contributed by atoms with Crippen LogP contribution in [0.2, 0.25) is 0 Å². The Morgan fingerprint density at radius 3 is 2.93 bits per heavy atom. The van der Waals surface area contributed by atoms with Gasteiger partial charge in [0.1, 0.15) is 0 Å². The fourth-order valence-corrected chi connectivity index (χ4v) is 2.77. The molecule has 0 nitrogen and oxygen atoms in total. The van der Waals surface area contributed by atoms with Crippen molar-refractivity contribution in [2.45, 2.75) is 51.3 Å². The van der Waals surface area contributed by atoms with E-state index in [1.807, 2.05) is 0 Å². The van der Waals surface area contributed by atoms with Gasteiger partial charge in [0.05, 0.1) is 5.38 Å². The Kier molecular flexibility index (Phi) is 4.08. The van der Waals surface area contributed by atoms with Gasteiger partial charge in [0.2, 0.25) is 0 Å². The average molecular weight is 211 g/mol. The van der Waals surface area contributed by atoms with Gasteiger partial charge in [-0.1, -0.05) is 25.5 Å². The van der Waals surface area contributed by atoms with Gasteiger partial charge < -0.3 is 0 Å². The molecule has 0 saturated carbocycles. The molecule has 0 aromatic rings. The Balaban J connectivity index is 2.48. The normalized spacial score (nSPS) is 25.3. The lowest BCUT2D eigenvalue weighted by molar-refractivity contribution is 0.318. The van der Waals surface area contributed by atoms with Crippen LogP contribution in [0.5, 0.6) is 0 Å². The summed E-state index contributed by atoms with van der Waals surface area (Å²) in [6.45, 7) is 4.58. The highest BCUT2D eigenvalue weighted by molar-refractivity contribution is 6.21. The number of unbranched alkanes of at least 4 members (excludes halogenated alkanes) is 1. The van der Waals surface area contributed by atoms with Crippen molar-refractivity contribution in [2.24, 2.45) is 5.41 Å². The topological polar surface area (TPSA) is 0 Å². The Bertz CT molecular complexity index is 255. The van der Waals surface area contributed by atoms with Crippen LogP contribution in [0.3, 0.4) is 0 Å². The summed E-state index contributed by atoms with van der Waals surface area (Å²) in [5.41, 5.74) is 1.86. The molecule has 78 valence electrons. The Hall–Kier alpha value is -0.410. The zero-order chi connectivity index (χ0) is 10.6. The van der Waals surface area contributed by atoms with Crippen molar-refractivity contribution in [3.63, 3.8) is 0 Å².